The van der Waals surface area contributed by atoms with Gasteiger partial charge in [0.15, 0.2) is 23.3 Å². The number of aromatic amines is 1. The van der Waals surface area contributed by atoms with Gasteiger partial charge in [-0.1, -0.05) is 24.3 Å². The first-order valence-electron chi connectivity index (χ1n) is 11.0. The second-order valence-electron chi connectivity index (χ2n) is 7.18. The van der Waals surface area contributed by atoms with Gasteiger partial charge in [-0.15, -0.1) is 24.0 Å². The molecule has 0 unspecified atom stereocenters. The summed E-state index contributed by atoms with van der Waals surface area (Å²) in [6.07, 6.45) is 3.43. The van der Waals surface area contributed by atoms with Crippen LogP contribution in [0.15, 0.2) is 53.8 Å². The van der Waals surface area contributed by atoms with Gasteiger partial charge in [0.2, 0.25) is 0 Å². The Morgan fingerprint density at radius 1 is 1.06 bits per heavy atom. The van der Waals surface area contributed by atoms with Gasteiger partial charge in [0, 0.05) is 18.7 Å². The van der Waals surface area contributed by atoms with Crippen molar-refractivity contribution in [2.45, 2.75) is 33.2 Å². The van der Waals surface area contributed by atoms with Crippen LogP contribution in [-0.4, -0.2) is 47.9 Å². The average molecular weight is 564 g/mol. The minimum Gasteiger partial charge on any atom is -0.493 e. The summed E-state index contributed by atoms with van der Waals surface area (Å²) >= 11 is 0. The highest BCUT2D eigenvalue weighted by atomic mass is 127. The van der Waals surface area contributed by atoms with Crippen LogP contribution < -0.4 is 20.1 Å². The molecule has 3 aromatic rings. The van der Waals surface area contributed by atoms with E-state index >= 15 is 0 Å². The molecule has 8 nitrogen and oxygen atoms in total. The quantitative estimate of drug-likeness (QED) is 0.140. The Morgan fingerprint density at radius 2 is 1.94 bits per heavy atom. The number of hydrogen-bond donors (Lipinski definition) is 3. The maximum Gasteiger partial charge on any atom is 0.191 e. The van der Waals surface area contributed by atoms with Crippen molar-refractivity contribution < 1.29 is 9.47 Å². The fraction of sp³-hybridized carbons (Fsp3) is 0.375. The third-order valence-electron chi connectivity index (χ3n) is 4.84. The summed E-state index contributed by atoms with van der Waals surface area (Å²) in [5.74, 6) is 3.12. The Labute approximate surface area is 212 Å². The first-order chi connectivity index (χ1) is 15.7. The molecule has 0 aliphatic heterocycles. The Kier molecular flexibility index (Phi) is 11.5. The lowest BCUT2D eigenvalue weighted by Gasteiger charge is -2.13. The molecular weight excluding hydrogens is 531 g/mol. The number of methoxy groups -OCH3 is 1. The summed E-state index contributed by atoms with van der Waals surface area (Å²) in [5, 5.41) is 13.5. The molecular formula is C24H33IN6O2. The van der Waals surface area contributed by atoms with Gasteiger partial charge in [0.1, 0.15) is 6.33 Å². The van der Waals surface area contributed by atoms with E-state index in [1.54, 1.807) is 7.11 Å². The molecule has 0 saturated heterocycles. The van der Waals surface area contributed by atoms with Crippen LogP contribution in [0.1, 0.15) is 31.4 Å². The standard InChI is InChI=1S/C24H32N6O2.HI/c1-4-25-24(27-16-19-8-6-10-20(14-19)23-28-17-29-30-23)26-13-7-9-18-11-12-21(31-3)22(15-18)32-5-2;/h6,8,10-12,14-15,17H,4-5,7,9,13,16H2,1-3H3,(H2,25,26,27)(H,28,29,30);1H. The normalized spacial score (nSPS) is 10.9. The maximum absolute atomic E-state index is 5.67. The molecule has 1 aromatic heterocycles. The summed E-state index contributed by atoms with van der Waals surface area (Å²) in [7, 11) is 1.66. The molecule has 0 fully saturated rings. The van der Waals surface area contributed by atoms with Gasteiger partial charge in [0.25, 0.3) is 0 Å². The van der Waals surface area contributed by atoms with Gasteiger partial charge in [-0.25, -0.2) is 9.98 Å². The van der Waals surface area contributed by atoms with Crippen molar-refractivity contribution in [2.24, 2.45) is 4.99 Å². The molecule has 9 heteroatoms. The van der Waals surface area contributed by atoms with E-state index in [-0.39, 0.29) is 24.0 Å². The molecule has 0 radical (unpaired) electrons. The van der Waals surface area contributed by atoms with Crippen molar-refractivity contribution in [3.8, 4) is 22.9 Å². The van der Waals surface area contributed by atoms with Crippen molar-refractivity contribution in [2.75, 3.05) is 26.8 Å². The molecule has 0 aliphatic carbocycles. The maximum atomic E-state index is 5.67. The predicted octanol–water partition coefficient (Wildman–Crippen LogP) is 4.18. The van der Waals surface area contributed by atoms with E-state index in [0.29, 0.717) is 13.2 Å². The smallest absolute Gasteiger partial charge is 0.191 e. The summed E-state index contributed by atoms with van der Waals surface area (Å²) in [4.78, 5) is 8.93. The van der Waals surface area contributed by atoms with Crippen LogP contribution in [0.4, 0.5) is 0 Å². The molecule has 2 aromatic carbocycles. The predicted molar refractivity (Wildman–Crippen MR) is 143 cm³/mol. The van der Waals surface area contributed by atoms with Gasteiger partial charge in [-0.05, 0) is 56.0 Å². The van der Waals surface area contributed by atoms with Gasteiger partial charge in [-0.3, -0.25) is 5.10 Å². The topological polar surface area (TPSA) is 96.5 Å². The highest BCUT2D eigenvalue weighted by molar-refractivity contribution is 14.0. The number of aliphatic imine (C=N–C) groups is 1. The number of rotatable bonds is 11. The van der Waals surface area contributed by atoms with E-state index in [4.69, 9.17) is 14.5 Å². The molecule has 1 heterocycles. The zero-order valence-corrected chi connectivity index (χ0v) is 21.8. The minimum absolute atomic E-state index is 0. The van der Waals surface area contributed by atoms with Gasteiger partial charge >= 0.3 is 0 Å². The SMILES string of the molecule is CCNC(=NCc1cccc(-c2ncn[nH]2)c1)NCCCc1ccc(OC)c(OCC)c1.I. The number of guanidine groups is 1. The van der Waals surface area contributed by atoms with Crippen LogP contribution in [0.3, 0.4) is 0 Å². The zero-order valence-electron chi connectivity index (χ0n) is 19.4. The van der Waals surface area contributed by atoms with Crippen molar-refractivity contribution in [1.29, 1.82) is 0 Å². The number of halogens is 1. The third-order valence-corrected chi connectivity index (χ3v) is 4.84. The molecule has 33 heavy (non-hydrogen) atoms. The third kappa shape index (κ3) is 8.23. The van der Waals surface area contributed by atoms with Crippen LogP contribution in [0.25, 0.3) is 11.4 Å². The van der Waals surface area contributed by atoms with E-state index in [2.05, 4.69) is 57.0 Å². The number of benzene rings is 2. The number of aryl methyl sites for hydroxylation is 1. The fourth-order valence-electron chi connectivity index (χ4n) is 3.32. The highest BCUT2D eigenvalue weighted by Crippen LogP contribution is 2.28. The number of nitrogens with zero attached hydrogens (tertiary/aromatic N) is 3. The number of nitrogens with one attached hydrogen (secondary N) is 3. The summed E-state index contributed by atoms with van der Waals surface area (Å²) in [6, 6.07) is 14.3. The van der Waals surface area contributed by atoms with Crippen LogP contribution in [0, 0.1) is 0 Å². The van der Waals surface area contributed by atoms with Gasteiger partial charge in [-0.2, -0.15) is 5.10 Å². The second-order valence-corrected chi connectivity index (χ2v) is 7.18. The Balaban J connectivity index is 0.00000385. The van der Waals surface area contributed by atoms with Crippen molar-refractivity contribution in [1.82, 2.24) is 25.8 Å². The largest absolute Gasteiger partial charge is 0.493 e. The van der Waals surface area contributed by atoms with Crippen molar-refractivity contribution in [3.05, 3.63) is 59.9 Å². The first kappa shape index (κ1) is 26.4. The lowest BCUT2D eigenvalue weighted by atomic mass is 10.1. The summed E-state index contributed by atoms with van der Waals surface area (Å²) in [6.45, 7) is 6.86. The summed E-state index contributed by atoms with van der Waals surface area (Å²) in [5.41, 5.74) is 3.33. The van der Waals surface area contributed by atoms with Crippen LogP contribution in [-0.2, 0) is 13.0 Å². The second kappa shape index (κ2) is 14.4. The molecule has 0 bridgehead atoms. The number of H-pyrrole nitrogens is 1. The Hall–Kier alpha value is -2.82. The molecule has 0 spiro atoms. The molecule has 0 atom stereocenters. The van der Waals surface area contributed by atoms with Crippen LogP contribution in [0.2, 0.25) is 0 Å². The van der Waals surface area contributed by atoms with Crippen molar-refractivity contribution >= 4 is 29.9 Å². The van der Waals surface area contributed by atoms with Crippen LogP contribution >= 0.6 is 24.0 Å². The van der Waals surface area contributed by atoms with Gasteiger partial charge in [0.05, 0.1) is 20.3 Å². The van der Waals surface area contributed by atoms with E-state index < -0.39 is 0 Å². The fourth-order valence-corrected chi connectivity index (χ4v) is 3.32. The zero-order chi connectivity index (χ0) is 22.6. The minimum atomic E-state index is 0. The van der Waals surface area contributed by atoms with E-state index in [0.717, 1.165) is 60.3 Å². The molecule has 0 amide bonds. The Bertz CT molecular complexity index is 994. The van der Waals surface area contributed by atoms with Crippen molar-refractivity contribution in [3.63, 3.8) is 0 Å². The van der Waals surface area contributed by atoms with Gasteiger partial charge < -0.3 is 20.1 Å². The average Bonchev–Trinajstić information content (AvgIpc) is 3.36. The monoisotopic (exact) mass is 564 g/mol. The lowest BCUT2D eigenvalue weighted by Crippen LogP contribution is -2.37. The molecule has 178 valence electrons. The van der Waals surface area contributed by atoms with E-state index in [1.807, 2.05) is 25.1 Å². The highest BCUT2D eigenvalue weighted by Gasteiger charge is 2.06. The number of ether oxygens (including phenoxy) is 2. The Morgan fingerprint density at radius 3 is 2.67 bits per heavy atom. The molecule has 0 aliphatic rings. The molecule has 3 N–H and O–H groups in total. The number of hydrogen-bond acceptors (Lipinski definition) is 5. The summed E-state index contributed by atoms with van der Waals surface area (Å²) < 4.78 is 11.0. The van der Waals surface area contributed by atoms with Crippen LogP contribution in [0.5, 0.6) is 11.5 Å². The lowest BCUT2D eigenvalue weighted by molar-refractivity contribution is 0.310. The van der Waals surface area contributed by atoms with E-state index in [1.165, 1.54) is 11.9 Å². The van der Waals surface area contributed by atoms with E-state index in [9.17, 15) is 0 Å². The first-order valence-corrected chi connectivity index (χ1v) is 11.0. The number of aromatic nitrogens is 3. The molecule has 3 rings (SSSR count). The molecule has 0 saturated carbocycles.